The smallest absolute Gasteiger partial charge is 0.156 e. The lowest BCUT2D eigenvalue weighted by atomic mass is 10.1. The molecule has 2 aromatic carbocycles. The average Bonchev–Trinajstić information content (AvgIpc) is 2.50. The third-order valence-corrected chi connectivity index (χ3v) is 4.73. The van der Waals surface area contributed by atoms with Crippen LogP contribution in [0.2, 0.25) is 0 Å². The quantitative estimate of drug-likeness (QED) is 0.502. The van der Waals surface area contributed by atoms with Crippen molar-refractivity contribution >= 4 is 40.1 Å². The Hall–Kier alpha value is -1.16. The Bertz CT molecular complexity index is 644. The first-order valence-electron chi connectivity index (χ1n) is 6.18. The number of hydrogen-bond acceptors (Lipinski definition) is 3. The van der Waals surface area contributed by atoms with Gasteiger partial charge in [-0.3, -0.25) is 5.43 Å². The van der Waals surface area contributed by atoms with Gasteiger partial charge in [0.1, 0.15) is 5.50 Å². The first-order chi connectivity index (χ1) is 9.74. The topological polar surface area (TPSA) is 24.4 Å². The molecule has 2 nitrogen and oxygen atoms in total. The normalized spacial score (nSPS) is 17.1. The molecule has 0 saturated heterocycles. The summed E-state index contributed by atoms with van der Waals surface area (Å²) in [6.07, 6.45) is 0. The number of nitrogens with zero attached hydrogens (tertiary/aromatic N) is 1. The summed E-state index contributed by atoms with van der Waals surface area (Å²) in [5.41, 5.74) is 5.63. The maximum absolute atomic E-state index is 6.15. The van der Waals surface area contributed by atoms with E-state index in [-0.39, 0.29) is 5.50 Å². The second-order valence-electron chi connectivity index (χ2n) is 4.42. The van der Waals surface area contributed by atoms with Crippen LogP contribution in [0.5, 0.6) is 0 Å². The zero-order chi connectivity index (χ0) is 13.9. The summed E-state index contributed by atoms with van der Waals surface area (Å²) in [4.78, 5) is 1.16. The van der Waals surface area contributed by atoms with Crippen LogP contribution in [-0.2, 0) is 5.75 Å². The molecule has 0 amide bonds. The van der Waals surface area contributed by atoms with Crippen LogP contribution in [0.15, 0.2) is 58.5 Å². The van der Waals surface area contributed by atoms with E-state index in [0.29, 0.717) is 5.17 Å². The summed E-state index contributed by atoms with van der Waals surface area (Å²) < 4.78 is 0. The first kappa shape index (κ1) is 13.8. The predicted molar refractivity (Wildman–Crippen MR) is 86.6 cm³/mol. The average molecular weight is 323 g/mol. The largest absolute Gasteiger partial charge is 0.286 e. The van der Waals surface area contributed by atoms with Gasteiger partial charge in [-0.15, -0.1) is 11.8 Å². The van der Waals surface area contributed by atoms with E-state index in [1.165, 1.54) is 5.56 Å². The Labute approximate surface area is 132 Å². The van der Waals surface area contributed by atoms with Crippen molar-refractivity contribution < 1.29 is 0 Å². The van der Waals surface area contributed by atoms with Gasteiger partial charge in [-0.1, -0.05) is 59.6 Å². The Kier molecular flexibility index (Phi) is 4.20. The Morgan fingerprint density at radius 2 is 1.95 bits per heavy atom. The van der Waals surface area contributed by atoms with Crippen molar-refractivity contribution in [1.29, 1.82) is 0 Å². The minimum atomic E-state index is -0.319. The van der Waals surface area contributed by atoms with Gasteiger partial charge in [0.05, 0.1) is 0 Å². The van der Waals surface area contributed by atoms with Gasteiger partial charge in [-0.05, 0) is 17.7 Å². The van der Waals surface area contributed by atoms with E-state index in [2.05, 4.69) is 40.9 Å². The molecule has 0 spiro atoms. The lowest BCUT2D eigenvalue weighted by molar-refractivity contribution is 0.704. The number of hydrazone groups is 1. The second kappa shape index (κ2) is 6.08. The van der Waals surface area contributed by atoms with Crippen molar-refractivity contribution in [2.45, 2.75) is 16.1 Å². The molecule has 0 radical (unpaired) electrons. The molecule has 1 heterocycles. The minimum Gasteiger partial charge on any atom is -0.286 e. The molecule has 1 aliphatic rings. The van der Waals surface area contributed by atoms with Crippen LogP contribution in [0, 0.1) is 0 Å². The van der Waals surface area contributed by atoms with E-state index in [0.717, 1.165) is 21.8 Å². The Balaban J connectivity index is 1.79. The van der Waals surface area contributed by atoms with Crippen molar-refractivity contribution in [3.8, 4) is 0 Å². The molecule has 0 aromatic heterocycles. The van der Waals surface area contributed by atoms with E-state index < -0.39 is 0 Å². The molecule has 5 heteroatoms. The third-order valence-electron chi connectivity index (χ3n) is 3.04. The zero-order valence-electron chi connectivity index (χ0n) is 10.5. The molecule has 0 saturated carbocycles. The number of benzene rings is 2. The molecule has 1 atom stereocenters. The fourth-order valence-corrected chi connectivity index (χ4v) is 3.35. The SMILES string of the molecule is ClC1=NNC(Cl)c2ccc(SCc3ccccc3)cc21. The van der Waals surface area contributed by atoms with Crippen molar-refractivity contribution in [3.63, 3.8) is 0 Å². The molecule has 0 bridgehead atoms. The van der Waals surface area contributed by atoms with Gasteiger partial charge in [0, 0.05) is 21.8 Å². The molecule has 0 aliphatic carbocycles. The van der Waals surface area contributed by atoms with Crippen molar-refractivity contribution in [2.24, 2.45) is 5.10 Å². The molecule has 1 aliphatic heterocycles. The third kappa shape index (κ3) is 2.95. The van der Waals surface area contributed by atoms with Crippen LogP contribution in [0.3, 0.4) is 0 Å². The van der Waals surface area contributed by atoms with Crippen LogP contribution in [0.25, 0.3) is 0 Å². The molecule has 0 fully saturated rings. The molecule has 3 rings (SSSR count). The minimum absolute atomic E-state index is 0.319. The number of thioether (sulfide) groups is 1. The standard InChI is InChI=1S/C15H12Cl2N2S/c16-14-12-7-6-11(8-13(12)15(17)19-18-14)20-9-10-4-2-1-3-5-10/h1-8,14,18H,9H2. The number of halogens is 2. The van der Waals surface area contributed by atoms with Gasteiger partial charge >= 0.3 is 0 Å². The van der Waals surface area contributed by atoms with E-state index >= 15 is 0 Å². The van der Waals surface area contributed by atoms with Crippen molar-refractivity contribution in [2.75, 3.05) is 0 Å². The summed E-state index contributed by atoms with van der Waals surface area (Å²) in [6, 6.07) is 16.5. The fraction of sp³-hybridized carbons (Fsp3) is 0.133. The maximum Gasteiger partial charge on any atom is 0.156 e. The zero-order valence-corrected chi connectivity index (χ0v) is 12.8. The van der Waals surface area contributed by atoms with Gasteiger partial charge in [0.2, 0.25) is 0 Å². The van der Waals surface area contributed by atoms with Crippen LogP contribution in [-0.4, -0.2) is 5.17 Å². The highest BCUT2D eigenvalue weighted by Crippen LogP contribution is 2.31. The highest BCUT2D eigenvalue weighted by molar-refractivity contribution is 7.98. The van der Waals surface area contributed by atoms with Gasteiger partial charge in [-0.25, -0.2) is 0 Å². The van der Waals surface area contributed by atoms with Crippen LogP contribution >= 0.6 is 35.0 Å². The summed E-state index contributed by atoms with van der Waals surface area (Å²) in [5.74, 6) is 0.928. The van der Waals surface area contributed by atoms with Gasteiger partial charge in [-0.2, -0.15) is 5.10 Å². The lowest BCUT2D eigenvalue weighted by Crippen LogP contribution is -2.20. The van der Waals surface area contributed by atoms with E-state index in [1.54, 1.807) is 11.8 Å². The molecular formula is C15H12Cl2N2S. The van der Waals surface area contributed by atoms with Crippen LogP contribution < -0.4 is 5.43 Å². The number of hydrogen-bond donors (Lipinski definition) is 1. The summed E-state index contributed by atoms with van der Waals surface area (Å²) in [7, 11) is 0. The lowest BCUT2D eigenvalue weighted by Gasteiger charge is -2.19. The number of nitrogens with one attached hydrogen (secondary N) is 1. The molecule has 2 aromatic rings. The van der Waals surface area contributed by atoms with Crippen LogP contribution in [0.4, 0.5) is 0 Å². The molecule has 20 heavy (non-hydrogen) atoms. The molecule has 1 N–H and O–H groups in total. The van der Waals surface area contributed by atoms with Gasteiger partial charge < -0.3 is 0 Å². The van der Waals surface area contributed by atoms with E-state index in [4.69, 9.17) is 23.2 Å². The first-order valence-corrected chi connectivity index (χ1v) is 7.98. The van der Waals surface area contributed by atoms with Crippen LogP contribution in [0.1, 0.15) is 22.2 Å². The molecule has 102 valence electrons. The summed E-state index contributed by atoms with van der Waals surface area (Å²) >= 11 is 14.0. The number of alkyl halides is 1. The second-order valence-corrected chi connectivity index (χ2v) is 6.26. The Morgan fingerprint density at radius 3 is 2.75 bits per heavy atom. The highest BCUT2D eigenvalue weighted by Gasteiger charge is 2.20. The van der Waals surface area contributed by atoms with Gasteiger partial charge in [0.25, 0.3) is 0 Å². The fourth-order valence-electron chi connectivity index (χ4n) is 2.01. The highest BCUT2D eigenvalue weighted by atomic mass is 35.5. The Morgan fingerprint density at radius 1 is 1.15 bits per heavy atom. The number of rotatable bonds is 3. The van der Waals surface area contributed by atoms with Gasteiger partial charge in [0.15, 0.2) is 5.17 Å². The van der Waals surface area contributed by atoms with Crippen molar-refractivity contribution in [3.05, 3.63) is 65.2 Å². The van der Waals surface area contributed by atoms with E-state index in [1.807, 2.05) is 18.2 Å². The molecular weight excluding hydrogens is 311 g/mol. The number of fused-ring (bicyclic) bond motifs is 1. The molecule has 1 unspecified atom stereocenters. The predicted octanol–water partition coefficient (Wildman–Crippen LogP) is 4.72. The van der Waals surface area contributed by atoms with Crippen molar-refractivity contribution in [1.82, 2.24) is 5.43 Å². The van der Waals surface area contributed by atoms with E-state index in [9.17, 15) is 0 Å². The monoisotopic (exact) mass is 322 g/mol. The maximum atomic E-state index is 6.15. The summed E-state index contributed by atoms with van der Waals surface area (Å²) in [6.45, 7) is 0. The summed E-state index contributed by atoms with van der Waals surface area (Å²) in [5, 5.41) is 4.46.